The molecule has 156 valence electrons. The summed E-state index contributed by atoms with van der Waals surface area (Å²) in [5.74, 6) is -2.27. The minimum absolute atomic E-state index is 0.0645. The fourth-order valence-electron chi connectivity index (χ4n) is 5.49. The lowest BCUT2D eigenvalue weighted by atomic mass is 9.56. The van der Waals surface area contributed by atoms with E-state index in [1.807, 2.05) is 54.6 Å². The van der Waals surface area contributed by atoms with Gasteiger partial charge < -0.3 is 0 Å². The third-order valence-electron chi connectivity index (χ3n) is 6.83. The second kappa shape index (κ2) is 7.05. The average Bonchev–Trinajstić information content (AvgIpc) is 3.10. The lowest BCUT2D eigenvalue weighted by Crippen LogP contribution is -2.44. The first-order valence-corrected chi connectivity index (χ1v) is 10.7. The number of amides is 2. The van der Waals surface area contributed by atoms with Crippen LogP contribution in [0.3, 0.4) is 0 Å². The fraction of sp³-hybridized carbons (Fsp3) is 0.192. The number of anilines is 1. The van der Waals surface area contributed by atoms with Crippen LogP contribution in [0.25, 0.3) is 0 Å². The summed E-state index contributed by atoms with van der Waals surface area (Å²) in [4.78, 5) is 40.9. The second-order valence-electron chi connectivity index (χ2n) is 8.50. The van der Waals surface area contributed by atoms with Crippen molar-refractivity contribution in [3.8, 4) is 0 Å². The van der Waals surface area contributed by atoms with E-state index in [0.29, 0.717) is 17.8 Å². The number of nitrogens with zero attached hydrogens (tertiary/aromatic N) is 3. The summed E-state index contributed by atoms with van der Waals surface area (Å²) in [6, 6.07) is 24.0. The number of ketones is 1. The molecule has 0 radical (unpaired) electrons. The Bertz CT molecular complexity index is 1280. The van der Waals surface area contributed by atoms with E-state index in [1.54, 1.807) is 24.3 Å². The third-order valence-corrected chi connectivity index (χ3v) is 6.83. The largest absolute Gasteiger partial charge is 0.299 e. The van der Waals surface area contributed by atoms with E-state index in [0.717, 1.165) is 16.8 Å². The van der Waals surface area contributed by atoms with Gasteiger partial charge >= 0.3 is 0 Å². The van der Waals surface area contributed by atoms with Gasteiger partial charge in [-0.1, -0.05) is 42.5 Å². The Labute approximate surface area is 184 Å². The van der Waals surface area contributed by atoms with Gasteiger partial charge in [0.25, 0.3) is 0 Å². The van der Waals surface area contributed by atoms with Gasteiger partial charge in [0.05, 0.1) is 34.8 Å². The van der Waals surface area contributed by atoms with Gasteiger partial charge in [-0.05, 0) is 47.5 Å². The van der Waals surface area contributed by atoms with Gasteiger partial charge in [0.1, 0.15) is 5.78 Å². The molecule has 3 aromatic carbocycles. The number of imide groups is 1. The highest BCUT2D eigenvalue weighted by Crippen LogP contribution is 2.57. The summed E-state index contributed by atoms with van der Waals surface area (Å²) in [6.45, 7) is 0. The quantitative estimate of drug-likeness (QED) is 0.438. The number of carbonyl (C=O) groups is 3. The van der Waals surface area contributed by atoms with Crippen LogP contribution < -0.4 is 4.90 Å². The summed E-state index contributed by atoms with van der Waals surface area (Å²) in [7, 11) is 0. The number of benzene rings is 3. The molecule has 4 aliphatic rings. The summed E-state index contributed by atoms with van der Waals surface area (Å²) < 4.78 is 0. The molecule has 3 aromatic rings. The standard InChI is InChI=1S/C26H19N3O3/c30-21-14-20-18-8-4-5-9-19(18)22(21)24-23(20)25(31)29(26(24)32)17-12-10-16(11-13-17)28-27-15-6-2-1-3-7-15/h1-13,20,22-24H,14H2/t20-,22+,23-,24-/m0/s1. The summed E-state index contributed by atoms with van der Waals surface area (Å²) in [6.07, 6.45) is 0.328. The number of hydrogen-bond acceptors (Lipinski definition) is 5. The molecule has 7 rings (SSSR count). The predicted molar refractivity (Wildman–Crippen MR) is 118 cm³/mol. The van der Waals surface area contributed by atoms with Gasteiger partial charge in [0.15, 0.2) is 0 Å². The number of carbonyl (C=O) groups excluding carboxylic acids is 3. The molecule has 1 saturated heterocycles. The zero-order valence-electron chi connectivity index (χ0n) is 17.1. The number of rotatable bonds is 3. The average molecular weight is 421 g/mol. The van der Waals surface area contributed by atoms with Crippen LogP contribution in [-0.2, 0) is 14.4 Å². The van der Waals surface area contributed by atoms with Crippen molar-refractivity contribution in [2.75, 3.05) is 4.90 Å². The lowest BCUT2D eigenvalue weighted by Gasteiger charge is -2.43. The van der Waals surface area contributed by atoms with E-state index >= 15 is 0 Å². The zero-order valence-corrected chi connectivity index (χ0v) is 17.1. The van der Waals surface area contributed by atoms with Gasteiger partial charge in [-0.2, -0.15) is 10.2 Å². The molecule has 32 heavy (non-hydrogen) atoms. The summed E-state index contributed by atoms with van der Waals surface area (Å²) >= 11 is 0. The maximum atomic E-state index is 13.4. The predicted octanol–water partition coefficient (Wildman–Crippen LogP) is 5.06. The normalized spacial score (nSPS) is 26.0. The molecule has 2 fully saturated rings. The smallest absolute Gasteiger partial charge is 0.238 e. The topological polar surface area (TPSA) is 79.2 Å². The molecule has 3 aliphatic carbocycles. The Morgan fingerprint density at radius 1 is 0.656 bits per heavy atom. The first-order valence-electron chi connectivity index (χ1n) is 10.7. The molecule has 2 amide bonds. The lowest BCUT2D eigenvalue weighted by molar-refractivity contribution is -0.134. The number of Topliss-reactive ketones (excluding diaryl/α,β-unsaturated/α-hetero) is 1. The van der Waals surface area contributed by atoms with Crippen molar-refractivity contribution in [3.63, 3.8) is 0 Å². The van der Waals surface area contributed by atoms with Crippen LogP contribution in [0.1, 0.15) is 29.4 Å². The van der Waals surface area contributed by atoms with Gasteiger partial charge in [-0.25, -0.2) is 0 Å². The molecule has 1 heterocycles. The highest BCUT2D eigenvalue weighted by atomic mass is 16.2. The molecule has 6 nitrogen and oxygen atoms in total. The van der Waals surface area contributed by atoms with Crippen LogP contribution in [-0.4, -0.2) is 17.6 Å². The first kappa shape index (κ1) is 18.8. The molecule has 0 aromatic heterocycles. The molecular weight excluding hydrogens is 402 g/mol. The van der Waals surface area contributed by atoms with E-state index in [4.69, 9.17) is 0 Å². The van der Waals surface area contributed by atoms with E-state index in [-0.39, 0.29) is 23.5 Å². The highest BCUT2D eigenvalue weighted by Gasteiger charge is 2.62. The van der Waals surface area contributed by atoms with E-state index < -0.39 is 17.8 Å². The minimum atomic E-state index is -0.610. The first-order chi connectivity index (χ1) is 15.6. The van der Waals surface area contributed by atoms with Crippen molar-refractivity contribution in [1.82, 2.24) is 0 Å². The van der Waals surface area contributed by atoms with E-state index in [9.17, 15) is 14.4 Å². The third kappa shape index (κ3) is 2.69. The molecule has 6 heteroatoms. The van der Waals surface area contributed by atoms with Crippen molar-refractivity contribution in [2.24, 2.45) is 22.1 Å². The molecule has 1 aliphatic heterocycles. The molecular formula is C26H19N3O3. The highest BCUT2D eigenvalue weighted by molar-refractivity contribution is 6.24. The van der Waals surface area contributed by atoms with Crippen LogP contribution in [0.15, 0.2) is 89.1 Å². The SMILES string of the molecule is O=C1C[C@H]2c3ccccc3[C@H]1[C@@H]1C(=O)N(c3ccc(N=Nc4ccccc4)cc3)C(=O)[C@H]12. The second-order valence-corrected chi connectivity index (χ2v) is 8.50. The number of hydrogen-bond donors (Lipinski definition) is 0. The molecule has 2 bridgehead atoms. The van der Waals surface area contributed by atoms with Gasteiger partial charge in [-0.15, -0.1) is 0 Å². The Morgan fingerprint density at radius 2 is 1.25 bits per heavy atom. The summed E-state index contributed by atoms with van der Waals surface area (Å²) in [5, 5.41) is 8.41. The Kier molecular flexibility index (Phi) is 4.15. The van der Waals surface area contributed by atoms with Crippen molar-refractivity contribution < 1.29 is 14.4 Å². The maximum Gasteiger partial charge on any atom is 0.238 e. The Hall–Kier alpha value is -3.93. The van der Waals surface area contributed by atoms with Crippen LogP contribution in [0.4, 0.5) is 17.1 Å². The molecule has 1 saturated carbocycles. The fourth-order valence-corrected chi connectivity index (χ4v) is 5.49. The molecule has 0 spiro atoms. The maximum absolute atomic E-state index is 13.4. The Balaban J connectivity index is 1.31. The van der Waals surface area contributed by atoms with Crippen LogP contribution in [0, 0.1) is 11.8 Å². The molecule has 0 N–H and O–H groups in total. The van der Waals surface area contributed by atoms with E-state index in [1.165, 1.54) is 4.90 Å². The van der Waals surface area contributed by atoms with Crippen molar-refractivity contribution in [3.05, 3.63) is 90.0 Å². The zero-order chi connectivity index (χ0) is 21.8. The Morgan fingerprint density at radius 3 is 1.97 bits per heavy atom. The monoisotopic (exact) mass is 421 g/mol. The van der Waals surface area contributed by atoms with Crippen molar-refractivity contribution in [1.29, 1.82) is 0 Å². The van der Waals surface area contributed by atoms with Crippen molar-refractivity contribution >= 4 is 34.7 Å². The summed E-state index contributed by atoms with van der Waals surface area (Å²) in [5.41, 5.74) is 3.82. The van der Waals surface area contributed by atoms with Crippen LogP contribution in [0.5, 0.6) is 0 Å². The molecule has 4 atom stereocenters. The van der Waals surface area contributed by atoms with Gasteiger partial charge in [0.2, 0.25) is 11.8 Å². The van der Waals surface area contributed by atoms with Gasteiger partial charge in [-0.3, -0.25) is 19.3 Å². The van der Waals surface area contributed by atoms with Crippen molar-refractivity contribution in [2.45, 2.75) is 18.3 Å². The number of azo groups is 1. The minimum Gasteiger partial charge on any atom is -0.299 e. The van der Waals surface area contributed by atoms with Crippen LogP contribution in [0.2, 0.25) is 0 Å². The van der Waals surface area contributed by atoms with Crippen LogP contribution >= 0.6 is 0 Å². The number of fused-ring (bicyclic) bond motifs is 1. The van der Waals surface area contributed by atoms with E-state index in [2.05, 4.69) is 10.2 Å². The van der Waals surface area contributed by atoms with Gasteiger partial charge in [0, 0.05) is 12.3 Å². The molecule has 0 unspecified atom stereocenters.